The number of carboxylic acid groups (broad SMARTS) is 1. The van der Waals surface area contributed by atoms with Crippen molar-refractivity contribution in [1.29, 1.82) is 0 Å². The van der Waals surface area contributed by atoms with E-state index in [9.17, 15) is 19.5 Å². The van der Waals surface area contributed by atoms with Gasteiger partial charge in [-0.15, -0.1) is 0 Å². The van der Waals surface area contributed by atoms with E-state index in [0.717, 1.165) is 22.3 Å². The van der Waals surface area contributed by atoms with Crippen molar-refractivity contribution in [3.05, 3.63) is 59.7 Å². The molecule has 0 spiro atoms. The van der Waals surface area contributed by atoms with Gasteiger partial charge in [0.1, 0.15) is 17.7 Å². The normalized spacial score (nSPS) is 16.2. The summed E-state index contributed by atoms with van der Waals surface area (Å²) in [5.41, 5.74) is 1.96. The molecule has 2 aliphatic carbocycles. The Kier molecular flexibility index (Phi) is 4.76. The molecule has 2 amide bonds. The van der Waals surface area contributed by atoms with Crippen LogP contribution in [-0.2, 0) is 14.3 Å². The van der Waals surface area contributed by atoms with Crippen molar-refractivity contribution in [1.82, 2.24) is 10.6 Å². The largest absolute Gasteiger partial charge is 0.480 e. The van der Waals surface area contributed by atoms with Crippen molar-refractivity contribution < 1.29 is 24.2 Å². The van der Waals surface area contributed by atoms with Gasteiger partial charge < -0.3 is 20.5 Å². The lowest BCUT2D eigenvalue weighted by atomic mass is 9.98. The summed E-state index contributed by atoms with van der Waals surface area (Å²) >= 11 is 0. The van der Waals surface area contributed by atoms with E-state index in [2.05, 4.69) is 22.8 Å². The molecular formula is C23H24N2O5. The third kappa shape index (κ3) is 3.51. The zero-order chi connectivity index (χ0) is 21.5. The Morgan fingerprint density at radius 3 is 2.07 bits per heavy atom. The first kappa shape index (κ1) is 19.9. The molecule has 4 rings (SSSR count). The molecule has 156 valence electrons. The highest BCUT2D eigenvalue weighted by Gasteiger charge is 2.53. The van der Waals surface area contributed by atoms with E-state index in [1.165, 1.54) is 13.8 Å². The fraction of sp³-hybridized carbons (Fsp3) is 0.348. The van der Waals surface area contributed by atoms with Gasteiger partial charge in [0.25, 0.3) is 0 Å². The van der Waals surface area contributed by atoms with Gasteiger partial charge in [-0.25, -0.2) is 9.59 Å². The maximum atomic E-state index is 12.5. The molecule has 0 radical (unpaired) electrons. The van der Waals surface area contributed by atoms with Crippen LogP contribution in [0.3, 0.4) is 0 Å². The van der Waals surface area contributed by atoms with Gasteiger partial charge in [-0.05, 0) is 48.9 Å². The third-order valence-electron chi connectivity index (χ3n) is 5.83. The van der Waals surface area contributed by atoms with Crippen molar-refractivity contribution >= 4 is 18.0 Å². The molecule has 2 aromatic rings. The molecule has 2 aromatic carbocycles. The van der Waals surface area contributed by atoms with Gasteiger partial charge in [-0.2, -0.15) is 0 Å². The van der Waals surface area contributed by atoms with Crippen molar-refractivity contribution in [2.75, 3.05) is 6.61 Å². The number of hydrogen-bond acceptors (Lipinski definition) is 4. The highest BCUT2D eigenvalue weighted by molar-refractivity contribution is 5.96. The molecule has 0 aromatic heterocycles. The van der Waals surface area contributed by atoms with Crippen molar-refractivity contribution in [2.45, 2.75) is 43.7 Å². The molecule has 2 aliphatic rings. The van der Waals surface area contributed by atoms with Gasteiger partial charge in [0, 0.05) is 5.92 Å². The van der Waals surface area contributed by atoms with E-state index in [4.69, 9.17) is 4.74 Å². The molecule has 0 atom stereocenters. The lowest BCUT2D eigenvalue weighted by molar-refractivity contribution is -0.146. The number of ether oxygens (including phenoxy) is 1. The van der Waals surface area contributed by atoms with Crippen LogP contribution in [0.5, 0.6) is 0 Å². The van der Waals surface area contributed by atoms with Gasteiger partial charge in [0.2, 0.25) is 5.91 Å². The third-order valence-corrected chi connectivity index (χ3v) is 5.83. The zero-order valence-corrected chi connectivity index (χ0v) is 16.9. The minimum Gasteiger partial charge on any atom is -0.480 e. The first-order valence-electron chi connectivity index (χ1n) is 9.93. The summed E-state index contributed by atoms with van der Waals surface area (Å²) in [7, 11) is 0. The second-order valence-corrected chi connectivity index (χ2v) is 8.42. The summed E-state index contributed by atoms with van der Waals surface area (Å²) in [6, 6.07) is 16.1. The number of benzene rings is 2. The molecule has 30 heavy (non-hydrogen) atoms. The molecule has 1 fully saturated rings. The van der Waals surface area contributed by atoms with Crippen LogP contribution in [0.25, 0.3) is 11.1 Å². The van der Waals surface area contributed by atoms with Crippen LogP contribution in [-0.4, -0.2) is 40.8 Å². The predicted octanol–water partition coefficient (Wildman–Crippen LogP) is 3.04. The monoisotopic (exact) mass is 408 g/mol. The van der Waals surface area contributed by atoms with E-state index in [1.807, 2.05) is 36.4 Å². The van der Waals surface area contributed by atoms with Crippen molar-refractivity contribution in [2.24, 2.45) is 0 Å². The van der Waals surface area contributed by atoms with E-state index < -0.39 is 29.0 Å². The maximum absolute atomic E-state index is 12.5. The minimum absolute atomic E-state index is 0.0712. The summed E-state index contributed by atoms with van der Waals surface area (Å²) in [4.78, 5) is 36.2. The second-order valence-electron chi connectivity index (χ2n) is 8.42. The molecular weight excluding hydrogens is 384 g/mol. The number of alkyl carbamates (subject to hydrolysis) is 1. The minimum atomic E-state index is -1.42. The van der Waals surface area contributed by atoms with Gasteiger partial charge in [0.15, 0.2) is 0 Å². The quantitative estimate of drug-likeness (QED) is 0.681. The Morgan fingerprint density at radius 1 is 1.03 bits per heavy atom. The van der Waals surface area contributed by atoms with E-state index in [1.54, 1.807) is 0 Å². The molecule has 0 heterocycles. The van der Waals surface area contributed by atoms with Gasteiger partial charge in [0.05, 0.1) is 0 Å². The van der Waals surface area contributed by atoms with Gasteiger partial charge in [-0.1, -0.05) is 48.5 Å². The molecule has 7 heteroatoms. The van der Waals surface area contributed by atoms with Crippen LogP contribution in [0, 0.1) is 0 Å². The van der Waals surface area contributed by atoms with E-state index in [0.29, 0.717) is 12.8 Å². The van der Waals surface area contributed by atoms with Crippen LogP contribution >= 0.6 is 0 Å². The highest BCUT2D eigenvalue weighted by atomic mass is 16.5. The number of hydrogen-bond donors (Lipinski definition) is 3. The number of carbonyl (C=O) groups excluding carboxylic acids is 2. The number of carboxylic acids is 1. The van der Waals surface area contributed by atoms with Crippen LogP contribution in [0.4, 0.5) is 4.79 Å². The maximum Gasteiger partial charge on any atom is 0.408 e. The molecule has 0 saturated heterocycles. The Bertz CT molecular complexity index is 980. The fourth-order valence-corrected chi connectivity index (χ4v) is 3.82. The zero-order valence-electron chi connectivity index (χ0n) is 16.9. The lowest BCUT2D eigenvalue weighted by Gasteiger charge is -2.25. The van der Waals surface area contributed by atoms with Crippen molar-refractivity contribution in [3.63, 3.8) is 0 Å². The SMILES string of the molecule is CC(C)(NC(=O)C1(NC(=O)OCC2c3ccccc3-c3ccccc32)CC1)C(=O)O. The lowest BCUT2D eigenvalue weighted by Crippen LogP contribution is -2.57. The number of fused-ring (bicyclic) bond motifs is 3. The standard InChI is InChI=1S/C23H24N2O5/c1-22(2,20(27)28)24-19(26)23(11-12-23)25-21(29)30-13-18-16-9-5-3-7-14(16)15-8-4-6-10-17(15)18/h3-10,18H,11-13H2,1-2H3,(H,24,26)(H,25,29)(H,27,28). The van der Waals surface area contributed by atoms with E-state index >= 15 is 0 Å². The first-order valence-corrected chi connectivity index (χ1v) is 9.93. The highest BCUT2D eigenvalue weighted by Crippen LogP contribution is 2.44. The van der Waals surface area contributed by atoms with Crippen LogP contribution in [0.15, 0.2) is 48.5 Å². The molecule has 7 nitrogen and oxygen atoms in total. The molecule has 0 unspecified atom stereocenters. The second kappa shape index (κ2) is 7.16. The fourth-order valence-electron chi connectivity index (χ4n) is 3.82. The summed E-state index contributed by atoms with van der Waals surface area (Å²) < 4.78 is 5.50. The number of nitrogens with one attached hydrogen (secondary N) is 2. The van der Waals surface area contributed by atoms with E-state index in [-0.39, 0.29) is 12.5 Å². The Hall–Kier alpha value is -3.35. The van der Waals surface area contributed by atoms with Crippen molar-refractivity contribution in [3.8, 4) is 11.1 Å². The summed E-state index contributed by atoms with van der Waals surface area (Å²) in [6.45, 7) is 2.95. The Labute approximate surface area is 174 Å². The van der Waals surface area contributed by atoms with Gasteiger partial charge >= 0.3 is 12.1 Å². The molecule has 3 N–H and O–H groups in total. The first-order chi connectivity index (χ1) is 14.2. The summed E-state index contributed by atoms with van der Waals surface area (Å²) in [5.74, 6) is -1.73. The topological polar surface area (TPSA) is 105 Å². The summed E-state index contributed by atoms with van der Waals surface area (Å²) in [5, 5.41) is 14.3. The summed E-state index contributed by atoms with van der Waals surface area (Å²) in [6.07, 6.45) is 0.204. The number of aliphatic carboxylic acids is 1. The average Bonchev–Trinajstić information content (AvgIpc) is 3.42. The predicted molar refractivity (Wildman–Crippen MR) is 110 cm³/mol. The number of rotatable bonds is 6. The van der Waals surface area contributed by atoms with Gasteiger partial charge in [-0.3, -0.25) is 4.79 Å². The smallest absolute Gasteiger partial charge is 0.408 e. The molecule has 1 saturated carbocycles. The van der Waals surface area contributed by atoms with Crippen LogP contribution in [0.2, 0.25) is 0 Å². The molecule has 0 aliphatic heterocycles. The number of amides is 2. The number of carbonyl (C=O) groups is 3. The Balaban J connectivity index is 1.41. The Morgan fingerprint density at radius 2 is 1.57 bits per heavy atom. The van der Waals surface area contributed by atoms with Crippen LogP contribution in [0.1, 0.15) is 43.7 Å². The molecule has 0 bridgehead atoms. The van der Waals surface area contributed by atoms with Crippen LogP contribution < -0.4 is 10.6 Å². The average molecular weight is 408 g/mol.